The highest BCUT2D eigenvalue weighted by atomic mass is 32.1. The van der Waals surface area contributed by atoms with Crippen LogP contribution in [0.15, 0.2) is 46.8 Å². The summed E-state index contributed by atoms with van der Waals surface area (Å²) < 4.78 is 41.4. The smallest absolute Gasteiger partial charge is 0.434 e. The van der Waals surface area contributed by atoms with Crippen LogP contribution in [0.3, 0.4) is 0 Å². The van der Waals surface area contributed by atoms with Crippen LogP contribution in [0, 0.1) is 0 Å². The van der Waals surface area contributed by atoms with Gasteiger partial charge in [0.05, 0.1) is 5.52 Å². The molecule has 10 nitrogen and oxygen atoms in total. The van der Waals surface area contributed by atoms with Crippen LogP contribution >= 0.6 is 11.3 Å². The molecule has 4 rings (SSSR count). The molecule has 4 N–H and O–H groups in total. The zero-order chi connectivity index (χ0) is 28.3. The molecule has 0 bridgehead atoms. The topological polar surface area (TPSA) is 146 Å². The number of nitrogens with zero attached hydrogens (tertiary/aromatic N) is 3. The van der Waals surface area contributed by atoms with Crippen molar-refractivity contribution in [2.24, 2.45) is 0 Å². The van der Waals surface area contributed by atoms with E-state index in [9.17, 15) is 37.8 Å². The van der Waals surface area contributed by atoms with E-state index in [2.05, 4.69) is 20.6 Å². The van der Waals surface area contributed by atoms with Gasteiger partial charge in [-0.05, 0) is 37.1 Å². The van der Waals surface area contributed by atoms with Crippen molar-refractivity contribution in [2.75, 3.05) is 18.5 Å². The molecule has 0 saturated carbocycles. The summed E-state index contributed by atoms with van der Waals surface area (Å²) in [7, 11) is 0. The molecule has 14 heteroatoms. The molecule has 0 unspecified atom stereocenters. The number of carboxylic acid groups (broad SMARTS) is 1. The van der Waals surface area contributed by atoms with Gasteiger partial charge in [0.15, 0.2) is 5.69 Å². The lowest BCUT2D eigenvalue weighted by atomic mass is 9.99. The number of carbonyl (C=O) groups is 2. The van der Waals surface area contributed by atoms with E-state index < -0.39 is 34.9 Å². The first-order valence-electron chi connectivity index (χ1n) is 11.6. The zero-order valence-electron chi connectivity index (χ0n) is 20.4. The first-order chi connectivity index (χ1) is 18.5. The molecule has 0 fully saturated rings. The molecule has 0 atom stereocenters. The monoisotopic (exact) mass is 561 g/mol. The number of aryl methyl sites for hydroxylation is 1. The number of urea groups is 1. The second kappa shape index (κ2) is 11.2. The second-order valence-electron chi connectivity index (χ2n) is 8.31. The number of carboxylic acids is 1. The van der Waals surface area contributed by atoms with Crippen molar-refractivity contribution in [2.45, 2.75) is 26.1 Å². The van der Waals surface area contributed by atoms with Crippen LogP contribution in [0.5, 0.6) is 0 Å². The Kier molecular flexibility index (Phi) is 7.97. The maximum Gasteiger partial charge on any atom is 0.434 e. The average Bonchev–Trinajstić information content (AvgIpc) is 3.39. The maximum atomic E-state index is 13.3. The van der Waals surface area contributed by atoms with Crippen molar-refractivity contribution in [3.05, 3.63) is 63.5 Å². The normalized spacial score (nSPS) is 11.5. The third-order valence-corrected chi connectivity index (χ3v) is 6.56. The number of hydrogen-bond acceptors (Lipinski definition) is 7. The molecule has 0 aliphatic rings. The minimum Gasteiger partial charge on any atom is -0.477 e. The van der Waals surface area contributed by atoms with E-state index in [1.807, 2.05) is 0 Å². The number of fused-ring (bicyclic) bond motifs is 1. The number of nitrogens with one attached hydrogen (secondary N) is 2. The maximum absolute atomic E-state index is 13.3. The summed E-state index contributed by atoms with van der Waals surface area (Å²) in [6, 6.07) is 5.46. The van der Waals surface area contributed by atoms with E-state index in [0.29, 0.717) is 29.6 Å². The Balaban J connectivity index is 1.91. The van der Waals surface area contributed by atoms with Gasteiger partial charge in [-0.25, -0.2) is 19.6 Å². The largest absolute Gasteiger partial charge is 0.477 e. The molecule has 0 radical (unpaired) electrons. The third kappa shape index (κ3) is 5.91. The van der Waals surface area contributed by atoms with Gasteiger partial charge in [-0.1, -0.05) is 6.07 Å². The lowest BCUT2D eigenvalue weighted by Crippen LogP contribution is -2.28. The van der Waals surface area contributed by atoms with Crippen LogP contribution < -0.4 is 16.1 Å². The summed E-state index contributed by atoms with van der Waals surface area (Å²) in [6.45, 7) is 2.15. The predicted octanol–water partition coefficient (Wildman–Crippen LogP) is 4.43. The Morgan fingerprint density at radius 3 is 2.59 bits per heavy atom. The first-order valence-corrected chi connectivity index (χ1v) is 12.5. The molecule has 1 aromatic carbocycles. The number of halogens is 3. The van der Waals surface area contributed by atoms with Crippen LogP contribution in [-0.4, -0.2) is 49.9 Å². The number of rotatable bonds is 8. The fraction of sp³-hybridized carbons (Fsp3) is 0.240. The van der Waals surface area contributed by atoms with E-state index in [1.54, 1.807) is 23.6 Å². The van der Waals surface area contributed by atoms with Gasteiger partial charge >= 0.3 is 18.2 Å². The van der Waals surface area contributed by atoms with Gasteiger partial charge in [0.2, 0.25) is 5.43 Å². The van der Waals surface area contributed by atoms with Gasteiger partial charge in [0.25, 0.3) is 0 Å². The van der Waals surface area contributed by atoms with Crippen molar-refractivity contribution in [1.82, 2.24) is 19.9 Å². The van der Waals surface area contributed by atoms with E-state index in [1.165, 1.54) is 24.5 Å². The minimum absolute atomic E-state index is 0.00147. The van der Waals surface area contributed by atoms with Gasteiger partial charge in [-0.3, -0.25) is 10.1 Å². The van der Waals surface area contributed by atoms with Gasteiger partial charge in [-0.2, -0.15) is 13.2 Å². The number of aromatic nitrogens is 3. The van der Waals surface area contributed by atoms with Gasteiger partial charge in [0.1, 0.15) is 16.4 Å². The highest BCUT2D eigenvalue weighted by molar-refractivity contribution is 7.13. The molecule has 39 heavy (non-hydrogen) atoms. The van der Waals surface area contributed by atoms with Crippen molar-refractivity contribution >= 4 is 40.1 Å². The number of benzene rings is 1. The highest BCUT2D eigenvalue weighted by Crippen LogP contribution is 2.39. The Morgan fingerprint density at radius 1 is 1.18 bits per heavy atom. The summed E-state index contributed by atoms with van der Waals surface area (Å²) in [5.41, 5.74) is -0.981. The van der Waals surface area contributed by atoms with Crippen LogP contribution in [-0.2, 0) is 12.7 Å². The summed E-state index contributed by atoms with van der Waals surface area (Å²) in [4.78, 5) is 44.7. The molecular weight excluding hydrogens is 539 g/mol. The number of thiazole rings is 1. The van der Waals surface area contributed by atoms with Crippen LogP contribution in [0.2, 0.25) is 0 Å². The van der Waals surface area contributed by atoms with Gasteiger partial charge in [0, 0.05) is 54.0 Å². The van der Waals surface area contributed by atoms with E-state index in [0.717, 1.165) is 16.7 Å². The molecule has 2 amide bonds. The number of aliphatic hydroxyl groups excluding tert-OH is 1. The Labute approximate surface area is 222 Å². The Morgan fingerprint density at radius 2 is 1.95 bits per heavy atom. The quantitative estimate of drug-likeness (QED) is 0.249. The fourth-order valence-electron chi connectivity index (χ4n) is 3.92. The number of carbonyl (C=O) groups excluding carboxylic acids is 1. The van der Waals surface area contributed by atoms with Gasteiger partial charge in [-0.15, -0.1) is 11.3 Å². The Bertz CT molecular complexity index is 1620. The lowest BCUT2D eigenvalue weighted by molar-refractivity contribution is -0.140. The molecule has 0 saturated heterocycles. The van der Waals surface area contributed by atoms with Crippen LogP contribution in [0.4, 0.5) is 23.8 Å². The number of aromatic carboxylic acids is 1. The standard InChI is InChI=1S/C25H22F3N5O5S/c1-2-29-24(38)32-20-9-14(22-31-19(12-39-22)25(26,27)28)16(10-30-20)13-4-5-18-15(8-13)21(35)17(23(36)37)11-33(18)6-3-7-34/h4-5,8-12,34H,2-3,6-7H2,1H3,(H,36,37)(H2,29,30,32,38). The number of hydrogen-bond donors (Lipinski definition) is 4. The summed E-state index contributed by atoms with van der Waals surface area (Å²) in [5.74, 6) is -1.36. The number of alkyl halides is 3. The van der Waals surface area contributed by atoms with Gasteiger partial charge < -0.3 is 20.1 Å². The van der Waals surface area contributed by atoms with Crippen molar-refractivity contribution in [1.29, 1.82) is 0 Å². The van der Waals surface area contributed by atoms with Crippen LogP contribution in [0.1, 0.15) is 29.4 Å². The molecule has 4 aromatic rings. The lowest BCUT2D eigenvalue weighted by Gasteiger charge is -2.14. The average molecular weight is 562 g/mol. The van der Waals surface area contributed by atoms with E-state index in [-0.39, 0.29) is 34.9 Å². The second-order valence-corrected chi connectivity index (χ2v) is 9.17. The summed E-state index contributed by atoms with van der Waals surface area (Å²) in [5, 5.41) is 24.7. The van der Waals surface area contributed by atoms with E-state index >= 15 is 0 Å². The van der Waals surface area contributed by atoms with Crippen LogP contribution in [0.25, 0.3) is 32.6 Å². The number of aliphatic hydroxyl groups is 1. The molecule has 0 aliphatic heterocycles. The molecule has 0 aliphatic carbocycles. The van der Waals surface area contributed by atoms with Crippen molar-refractivity contribution in [3.63, 3.8) is 0 Å². The molecule has 204 valence electrons. The number of anilines is 1. The predicted molar refractivity (Wildman–Crippen MR) is 139 cm³/mol. The molecule has 3 heterocycles. The zero-order valence-corrected chi connectivity index (χ0v) is 21.2. The van der Waals surface area contributed by atoms with Crippen molar-refractivity contribution in [3.8, 4) is 21.7 Å². The Hall–Kier alpha value is -4.30. The summed E-state index contributed by atoms with van der Waals surface area (Å²) >= 11 is 0.746. The highest BCUT2D eigenvalue weighted by Gasteiger charge is 2.34. The SMILES string of the molecule is CCNC(=O)Nc1cc(-c2nc(C(F)(F)F)cs2)c(-c2ccc3c(c2)c(=O)c(C(=O)O)cn3CCCO)cn1. The first kappa shape index (κ1) is 27.7. The molecule has 3 aromatic heterocycles. The number of pyridine rings is 2. The minimum atomic E-state index is -4.67. The fourth-order valence-corrected chi connectivity index (χ4v) is 4.78. The molecular formula is C25H22F3N5O5S. The third-order valence-electron chi connectivity index (χ3n) is 5.69. The van der Waals surface area contributed by atoms with Crippen molar-refractivity contribution < 1.29 is 33.0 Å². The van der Waals surface area contributed by atoms with E-state index in [4.69, 9.17) is 0 Å². The molecule has 0 spiro atoms. The summed E-state index contributed by atoms with van der Waals surface area (Å²) in [6.07, 6.45) is -1.80. The number of amides is 2.